The quantitative estimate of drug-likeness (QED) is 0.704. The van der Waals surface area contributed by atoms with Crippen molar-refractivity contribution < 1.29 is 19.7 Å². The number of ether oxygens (including phenoxy) is 1. The van der Waals surface area contributed by atoms with Gasteiger partial charge in [0.1, 0.15) is 5.60 Å². The highest BCUT2D eigenvalue weighted by atomic mass is 16.6. The van der Waals surface area contributed by atoms with E-state index in [9.17, 15) is 9.90 Å². The number of alkyl carbamates (subject to hydrolysis) is 1. The molecule has 3 N–H and O–H groups in total. The molecule has 0 spiro atoms. The van der Waals surface area contributed by atoms with Crippen LogP contribution in [-0.2, 0) is 4.74 Å². The number of hydrogen-bond acceptors (Lipinski definition) is 4. The van der Waals surface area contributed by atoms with Crippen LogP contribution in [0.1, 0.15) is 65.7 Å². The molecule has 0 aromatic rings. The van der Waals surface area contributed by atoms with Crippen LogP contribution in [0.25, 0.3) is 0 Å². The molecule has 5 heteroatoms. The molecule has 0 aliphatic heterocycles. The van der Waals surface area contributed by atoms with E-state index in [-0.39, 0.29) is 19.1 Å². The summed E-state index contributed by atoms with van der Waals surface area (Å²) in [7, 11) is 0. The Morgan fingerprint density at radius 1 is 1.29 bits per heavy atom. The SMILES string of the molecule is CC(C)(C)OC(=O)N[C@@H](CC1CCCCC1)[C@@H](O)CCO. The van der Waals surface area contributed by atoms with Gasteiger partial charge in [-0.1, -0.05) is 32.1 Å². The minimum absolute atomic E-state index is 0.0850. The van der Waals surface area contributed by atoms with Gasteiger partial charge in [0, 0.05) is 6.61 Å². The Morgan fingerprint density at radius 3 is 2.43 bits per heavy atom. The highest BCUT2D eigenvalue weighted by molar-refractivity contribution is 5.68. The molecular formula is C16H31NO4. The van der Waals surface area contributed by atoms with Crippen molar-refractivity contribution in [3.05, 3.63) is 0 Å². The first-order valence-electron chi connectivity index (χ1n) is 8.10. The minimum atomic E-state index is -0.732. The Kier molecular flexibility index (Phi) is 7.46. The number of aliphatic hydroxyl groups is 2. The Bertz CT molecular complexity index is 308. The van der Waals surface area contributed by atoms with Crippen molar-refractivity contribution in [3.8, 4) is 0 Å². The first-order chi connectivity index (χ1) is 9.81. The molecule has 1 amide bonds. The number of carbonyl (C=O) groups excluding carboxylic acids is 1. The van der Waals surface area contributed by atoms with Crippen LogP contribution in [0.15, 0.2) is 0 Å². The van der Waals surface area contributed by atoms with E-state index in [2.05, 4.69) is 5.32 Å². The number of carbonyl (C=O) groups is 1. The lowest BCUT2D eigenvalue weighted by molar-refractivity contribution is 0.0351. The maximum Gasteiger partial charge on any atom is 0.407 e. The summed E-state index contributed by atoms with van der Waals surface area (Å²) in [6.07, 6.45) is 5.81. The van der Waals surface area contributed by atoms with Gasteiger partial charge in [-0.2, -0.15) is 0 Å². The van der Waals surface area contributed by atoms with Crippen LogP contribution in [0.4, 0.5) is 4.79 Å². The zero-order valence-electron chi connectivity index (χ0n) is 13.6. The van der Waals surface area contributed by atoms with Crippen molar-refractivity contribution >= 4 is 6.09 Å². The van der Waals surface area contributed by atoms with Crippen molar-refractivity contribution in [3.63, 3.8) is 0 Å². The Balaban J connectivity index is 2.56. The smallest absolute Gasteiger partial charge is 0.407 e. The normalized spacial score (nSPS) is 19.9. The lowest BCUT2D eigenvalue weighted by Crippen LogP contribution is -2.46. The molecule has 1 rings (SSSR count). The van der Waals surface area contributed by atoms with Crippen molar-refractivity contribution in [1.82, 2.24) is 5.32 Å². The molecule has 5 nitrogen and oxygen atoms in total. The van der Waals surface area contributed by atoms with E-state index in [1.165, 1.54) is 19.3 Å². The van der Waals surface area contributed by atoms with Crippen LogP contribution >= 0.6 is 0 Å². The maximum atomic E-state index is 11.9. The Morgan fingerprint density at radius 2 is 1.90 bits per heavy atom. The summed E-state index contributed by atoms with van der Waals surface area (Å²) in [6.45, 7) is 5.35. The molecule has 2 atom stereocenters. The highest BCUT2D eigenvalue weighted by Gasteiger charge is 2.27. The second kappa shape index (κ2) is 8.59. The molecule has 0 aromatic heterocycles. The zero-order valence-corrected chi connectivity index (χ0v) is 13.6. The standard InChI is InChI=1S/C16H31NO4/c1-16(2,3)21-15(20)17-13(14(19)9-10-18)11-12-7-5-4-6-8-12/h12-14,18-19H,4-11H2,1-3H3,(H,17,20)/t13-,14-/m0/s1. The average Bonchev–Trinajstić information content (AvgIpc) is 2.37. The third kappa shape index (κ3) is 7.67. The largest absolute Gasteiger partial charge is 0.444 e. The van der Waals surface area contributed by atoms with Gasteiger partial charge >= 0.3 is 6.09 Å². The van der Waals surface area contributed by atoms with Gasteiger partial charge in [-0.25, -0.2) is 4.79 Å². The molecule has 124 valence electrons. The van der Waals surface area contributed by atoms with E-state index >= 15 is 0 Å². The minimum Gasteiger partial charge on any atom is -0.444 e. The summed E-state index contributed by atoms with van der Waals surface area (Å²) in [5.41, 5.74) is -0.554. The van der Waals surface area contributed by atoms with Gasteiger partial charge in [-0.3, -0.25) is 0 Å². The van der Waals surface area contributed by atoms with Crippen LogP contribution in [0.2, 0.25) is 0 Å². The molecule has 0 saturated heterocycles. The first-order valence-corrected chi connectivity index (χ1v) is 8.10. The topological polar surface area (TPSA) is 78.8 Å². The van der Waals surface area contributed by atoms with Crippen LogP contribution in [0.3, 0.4) is 0 Å². The van der Waals surface area contributed by atoms with E-state index in [1.54, 1.807) is 0 Å². The molecule has 0 unspecified atom stereocenters. The second-order valence-electron chi connectivity index (χ2n) is 7.07. The molecule has 1 saturated carbocycles. The molecule has 21 heavy (non-hydrogen) atoms. The van der Waals surface area contributed by atoms with Gasteiger partial charge in [0.05, 0.1) is 12.1 Å². The molecule has 1 aliphatic rings. The fraction of sp³-hybridized carbons (Fsp3) is 0.938. The monoisotopic (exact) mass is 301 g/mol. The summed E-state index contributed by atoms with van der Waals surface area (Å²) in [4.78, 5) is 11.9. The fourth-order valence-corrected chi connectivity index (χ4v) is 2.89. The molecule has 1 aliphatic carbocycles. The summed E-state index contributed by atoms with van der Waals surface area (Å²) in [6, 6.07) is -0.352. The van der Waals surface area contributed by atoms with Gasteiger partial charge in [0.2, 0.25) is 0 Å². The molecule has 0 bridgehead atoms. The third-order valence-corrected chi connectivity index (χ3v) is 3.90. The first kappa shape index (κ1) is 18.2. The second-order valence-corrected chi connectivity index (χ2v) is 7.07. The van der Waals surface area contributed by atoms with Gasteiger partial charge < -0.3 is 20.3 Å². The van der Waals surface area contributed by atoms with Crippen molar-refractivity contribution in [2.45, 2.75) is 83.5 Å². The molecule has 0 radical (unpaired) electrons. The van der Waals surface area contributed by atoms with Crippen molar-refractivity contribution in [1.29, 1.82) is 0 Å². The summed E-state index contributed by atoms with van der Waals surface area (Å²) in [5.74, 6) is 0.534. The fourth-order valence-electron chi connectivity index (χ4n) is 2.89. The van der Waals surface area contributed by atoms with E-state index in [0.29, 0.717) is 5.92 Å². The average molecular weight is 301 g/mol. The van der Waals surface area contributed by atoms with Crippen molar-refractivity contribution in [2.75, 3.05) is 6.61 Å². The zero-order chi connectivity index (χ0) is 15.9. The predicted molar refractivity (Wildman–Crippen MR) is 82.1 cm³/mol. The van der Waals surface area contributed by atoms with Gasteiger partial charge in [0.25, 0.3) is 0 Å². The van der Waals surface area contributed by atoms with Gasteiger partial charge in [-0.05, 0) is 39.5 Å². The lowest BCUT2D eigenvalue weighted by Gasteiger charge is -2.30. The molecule has 1 fully saturated rings. The molecule has 0 aromatic carbocycles. The van der Waals surface area contributed by atoms with E-state index in [0.717, 1.165) is 19.3 Å². The lowest BCUT2D eigenvalue weighted by atomic mass is 9.83. The van der Waals surface area contributed by atoms with Crippen LogP contribution < -0.4 is 5.32 Å². The van der Waals surface area contributed by atoms with E-state index in [4.69, 9.17) is 9.84 Å². The maximum absolute atomic E-state index is 11.9. The van der Waals surface area contributed by atoms with Crippen LogP contribution in [0, 0.1) is 5.92 Å². The number of hydrogen-bond donors (Lipinski definition) is 3. The number of aliphatic hydroxyl groups excluding tert-OH is 2. The van der Waals surface area contributed by atoms with Crippen LogP contribution in [-0.4, -0.2) is 40.7 Å². The van der Waals surface area contributed by atoms with Gasteiger partial charge in [0.15, 0.2) is 0 Å². The third-order valence-electron chi connectivity index (χ3n) is 3.90. The summed E-state index contributed by atoms with van der Waals surface area (Å²) in [5, 5.41) is 21.9. The molecule has 0 heterocycles. The van der Waals surface area contributed by atoms with Gasteiger partial charge in [-0.15, -0.1) is 0 Å². The van der Waals surface area contributed by atoms with E-state index < -0.39 is 17.8 Å². The number of amides is 1. The summed E-state index contributed by atoms with van der Waals surface area (Å²) >= 11 is 0. The predicted octanol–water partition coefficient (Wildman–Crippen LogP) is 2.59. The Hall–Kier alpha value is -0.810. The highest BCUT2D eigenvalue weighted by Crippen LogP contribution is 2.28. The van der Waals surface area contributed by atoms with E-state index in [1.807, 2.05) is 20.8 Å². The Labute approximate surface area is 128 Å². The number of nitrogens with one attached hydrogen (secondary N) is 1. The van der Waals surface area contributed by atoms with Crippen LogP contribution in [0.5, 0.6) is 0 Å². The summed E-state index contributed by atoms with van der Waals surface area (Å²) < 4.78 is 5.26. The molecular weight excluding hydrogens is 270 g/mol. The number of rotatable bonds is 6. The van der Waals surface area contributed by atoms with Crippen molar-refractivity contribution in [2.24, 2.45) is 5.92 Å².